The smallest absolute Gasteiger partial charge is 0.363 e. The van der Waals surface area contributed by atoms with Crippen LogP contribution < -0.4 is 4.74 Å². The molecule has 1 heterocycles. The van der Waals surface area contributed by atoms with Crippen LogP contribution in [0.4, 0.5) is 0 Å². The zero-order chi connectivity index (χ0) is 20.9. The van der Waals surface area contributed by atoms with Crippen LogP contribution in [0.1, 0.15) is 42.0 Å². The topological polar surface area (TPSA) is 47.9 Å². The van der Waals surface area contributed by atoms with Gasteiger partial charge in [-0.1, -0.05) is 74.5 Å². The molecule has 30 heavy (non-hydrogen) atoms. The van der Waals surface area contributed by atoms with Crippen LogP contribution in [0.25, 0.3) is 6.08 Å². The molecule has 4 rings (SSSR count). The number of cyclic esters (lactones) is 1. The fourth-order valence-electron chi connectivity index (χ4n) is 3.16. The zero-order valence-electron chi connectivity index (χ0n) is 17.0. The van der Waals surface area contributed by atoms with E-state index in [2.05, 4.69) is 18.8 Å². The highest BCUT2D eigenvalue weighted by Gasteiger charge is 2.24. The van der Waals surface area contributed by atoms with Crippen molar-refractivity contribution in [1.29, 1.82) is 0 Å². The normalized spacial score (nSPS) is 14.7. The number of hydrogen-bond acceptors (Lipinski definition) is 4. The molecule has 0 amide bonds. The lowest BCUT2D eigenvalue weighted by atomic mass is 10.0. The second-order valence-electron chi connectivity index (χ2n) is 7.42. The van der Waals surface area contributed by atoms with Crippen molar-refractivity contribution in [3.63, 3.8) is 0 Å². The SMILES string of the molecule is CC(C)c1ccc(C2=N/C(=C\c3ccccc3OCc3ccccc3)C(=O)O2)cc1. The van der Waals surface area contributed by atoms with E-state index >= 15 is 0 Å². The largest absolute Gasteiger partial charge is 0.488 e. The summed E-state index contributed by atoms with van der Waals surface area (Å²) >= 11 is 0. The first-order chi connectivity index (χ1) is 14.6. The Morgan fingerprint density at radius 3 is 2.37 bits per heavy atom. The number of carbonyl (C=O) groups excluding carboxylic acids is 1. The van der Waals surface area contributed by atoms with Crippen molar-refractivity contribution >= 4 is 17.9 Å². The number of nitrogens with zero attached hydrogens (tertiary/aromatic N) is 1. The van der Waals surface area contributed by atoms with Crippen LogP contribution in [-0.4, -0.2) is 11.9 Å². The summed E-state index contributed by atoms with van der Waals surface area (Å²) in [6.45, 7) is 4.72. The van der Waals surface area contributed by atoms with Gasteiger partial charge in [0.1, 0.15) is 12.4 Å². The Bertz CT molecular complexity index is 1100. The fraction of sp³-hybridized carbons (Fsp3) is 0.154. The summed E-state index contributed by atoms with van der Waals surface area (Å²) in [5.41, 5.74) is 4.12. The number of ether oxygens (including phenoxy) is 2. The highest BCUT2D eigenvalue weighted by Crippen LogP contribution is 2.26. The second-order valence-corrected chi connectivity index (χ2v) is 7.42. The van der Waals surface area contributed by atoms with Crippen LogP contribution in [0.3, 0.4) is 0 Å². The molecule has 0 aliphatic carbocycles. The van der Waals surface area contributed by atoms with Gasteiger partial charge in [-0.3, -0.25) is 0 Å². The number of para-hydroxylation sites is 1. The van der Waals surface area contributed by atoms with Gasteiger partial charge < -0.3 is 9.47 Å². The Hall–Kier alpha value is -3.66. The van der Waals surface area contributed by atoms with Crippen molar-refractivity contribution in [1.82, 2.24) is 0 Å². The van der Waals surface area contributed by atoms with Gasteiger partial charge >= 0.3 is 5.97 Å². The third-order valence-electron chi connectivity index (χ3n) is 4.89. The van der Waals surface area contributed by atoms with E-state index in [-0.39, 0.29) is 5.70 Å². The molecule has 0 fully saturated rings. The third kappa shape index (κ3) is 4.49. The van der Waals surface area contributed by atoms with Gasteiger partial charge in [-0.2, -0.15) is 0 Å². The summed E-state index contributed by atoms with van der Waals surface area (Å²) in [6, 6.07) is 25.5. The van der Waals surface area contributed by atoms with Crippen molar-refractivity contribution in [2.24, 2.45) is 4.99 Å². The molecule has 0 radical (unpaired) electrons. The molecule has 0 N–H and O–H groups in total. The molecule has 150 valence electrons. The van der Waals surface area contributed by atoms with Gasteiger partial charge in [0.2, 0.25) is 5.90 Å². The van der Waals surface area contributed by atoms with Gasteiger partial charge in [-0.15, -0.1) is 0 Å². The first-order valence-corrected chi connectivity index (χ1v) is 9.99. The van der Waals surface area contributed by atoms with Crippen molar-refractivity contribution in [3.05, 3.63) is 107 Å². The molecule has 1 aliphatic heterocycles. The molecule has 0 bridgehead atoms. The number of esters is 1. The van der Waals surface area contributed by atoms with Gasteiger partial charge in [0.25, 0.3) is 0 Å². The molecule has 3 aromatic rings. The van der Waals surface area contributed by atoms with E-state index in [1.165, 1.54) is 5.56 Å². The van der Waals surface area contributed by atoms with E-state index in [9.17, 15) is 4.79 Å². The molecule has 0 aromatic heterocycles. The summed E-state index contributed by atoms with van der Waals surface area (Å²) in [5, 5.41) is 0. The number of carbonyl (C=O) groups is 1. The molecule has 0 saturated heterocycles. The van der Waals surface area contributed by atoms with Gasteiger partial charge in [0.15, 0.2) is 5.70 Å². The third-order valence-corrected chi connectivity index (χ3v) is 4.89. The summed E-state index contributed by atoms with van der Waals surface area (Å²) in [6.07, 6.45) is 1.71. The van der Waals surface area contributed by atoms with Crippen LogP contribution in [0.2, 0.25) is 0 Å². The second kappa shape index (κ2) is 8.78. The molecule has 0 atom stereocenters. The van der Waals surface area contributed by atoms with E-state index in [1.807, 2.05) is 78.9 Å². The maximum absolute atomic E-state index is 12.4. The van der Waals surface area contributed by atoms with Crippen molar-refractivity contribution < 1.29 is 14.3 Å². The Labute approximate surface area is 176 Å². The quantitative estimate of drug-likeness (QED) is 0.394. The maximum Gasteiger partial charge on any atom is 0.363 e. The van der Waals surface area contributed by atoms with Crippen molar-refractivity contribution in [2.45, 2.75) is 26.4 Å². The molecule has 4 heteroatoms. The lowest BCUT2D eigenvalue weighted by Crippen LogP contribution is -2.05. The highest BCUT2D eigenvalue weighted by atomic mass is 16.6. The van der Waals surface area contributed by atoms with Crippen LogP contribution in [0.5, 0.6) is 5.75 Å². The number of rotatable bonds is 6. The molecular weight excluding hydrogens is 374 g/mol. The molecular formula is C26H23NO3. The minimum absolute atomic E-state index is 0.258. The molecule has 3 aromatic carbocycles. The van der Waals surface area contributed by atoms with Crippen LogP contribution in [0.15, 0.2) is 89.6 Å². The van der Waals surface area contributed by atoms with Gasteiger partial charge in [0, 0.05) is 11.1 Å². The summed E-state index contributed by atoms with van der Waals surface area (Å²) in [5.74, 6) is 0.988. The van der Waals surface area contributed by atoms with Crippen molar-refractivity contribution in [3.8, 4) is 5.75 Å². The summed E-state index contributed by atoms with van der Waals surface area (Å²) in [4.78, 5) is 16.8. The van der Waals surface area contributed by atoms with E-state index in [0.29, 0.717) is 24.2 Å². The Morgan fingerprint density at radius 2 is 1.63 bits per heavy atom. The zero-order valence-corrected chi connectivity index (χ0v) is 17.0. The molecule has 0 unspecified atom stereocenters. The lowest BCUT2D eigenvalue weighted by molar-refractivity contribution is -0.129. The van der Waals surface area contributed by atoms with E-state index in [4.69, 9.17) is 9.47 Å². The van der Waals surface area contributed by atoms with Gasteiger partial charge in [-0.05, 0) is 41.3 Å². The Morgan fingerprint density at radius 1 is 0.933 bits per heavy atom. The van der Waals surface area contributed by atoms with E-state index < -0.39 is 5.97 Å². The molecule has 1 aliphatic rings. The first kappa shape index (κ1) is 19.6. The fourth-order valence-corrected chi connectivity index (χ4v) is 3.16. The van der Waals surface area contributed by atoms with E-state index in [1.54, 1.807) is 6.08 Å². The summed E-state index contributed by atoms with van der Waals surface area (Å²) < 4.78 is 11.4. The standard InChI is InChI=1S/C26H23NO3/c1-18(2)20-12-14-21(15-13-20)25-27-23(26(28)30-25)16-22-10-6-7-11-24(22)29-17-19-8-4-3-5-9-19/h3-16,18H,17H2,1-2H3/b23-16-. The molecule has 0 saturated carbocycles. The Balaban J connectivity index is 1.56. The number of benzene rings is 3. The number of hydrogen-bond donors (Lipinski definition) is 0. The Kier molecular flexibility index (Phi) is 5.75. The monoisotopic (exact) mass is 397 g/mol. The lowest BCUT2D eigenvalue weighted by Gasteiger charge is -2.09. The highest BCUT2D eigenvalue weighted by molar-refractivity contribution is 6.12. The van der Waals surface area contributed by atoms with Gasteiger partial charge in [-0.25, -0.2) is 9.79 Å². The minimum atomic E-state index is -0.462. The maximum atomic E-state index is 12.4. The first-order valence-electron chi connectivity index (χ1n) is 9.99. The van der Waals surface area contributed by atoms with Gasteiger partial charge in [0.05, 0.1) is 0 Å². The van der Waals surface area contributed by atoms with Crippen LogP contribution in [-0.2, 0) is 16.1 Å². The van der Waals surface area contributed by atoms with Crippen LogP contribution in [0, 0.1) is 0 Å². The predicted molar refractivity (Wildman–Crippen MR) is 118 cm³/mol. The summed E-state index contributed by atoms with van der Waals surface area (Å²) in [7, 11) is 0. The van der Waals surface area contributed by atoms with Crippen LogP contribution >= 0.6 is 0 Å². The number of aliphatic imine (C=N–C) groups is 1. The minimum Gasteiger partial charge on any atom is -0.488 e. The molecule has 4 nitrogen and oxygen atoms in total. The predicted octanol–water partition coefficient (Wildman–Crippen LogP) is 5.73. The average molecular weight is 397 g/mol. The van der Waals surface area contributed by atoms with E-state index in [0.717, 1.165) is 16.7 Å². The van der Waals surface area contributed by atoms with Crippen molar-refractivity contribution in [2.75, 3.05) is 0 Å². The average Bonchev–Trinajstić information content (AvgIpc) is 3.14. The molecule has 0 spiro atoms.